The molecular weight excluding hydrogens is 338 g/mol. The standard InChI is InChI=1S/C19H23NO4S/c1-14-8-9-19(11-15(14)2)25(21,22)20-16-5-3-6-17(12-16)24-13-18-7-4-10-23-18/h3,5-6,8-9,11-12,18,20H,4,7,10,13H2,1-2H3. The Morgan fingerprint density at radius 2 is 2.00 bits per heavy atom. The monoisotopic (exact) mass is 361 g/mol. The van der Waals surface area contributed by atoms with Gasteiger partial charge in [-0.3, -0.25) is 4.72 Å². The minimum Gasteiger partial charge on any atom is -0.491 e. The van der Waals surface area contributed by atoms with Crippen LogP contribution in [0.2, 0.25) is 0 Å². The van der Waals surface area contributed by atoms with Gasteiger partial charge in [0.25, 0.3) is 10.0 Å². The highest BCUT2D eigenvalue weighted by atomic mass is 32.2. The summed E-state index contributed by atoms with van der Waals surface area (Å²) in [5, 5.41) is 0. The molecule has 0 aliphatic carbocycles. The summed E-state index contributed by atoms with van der Waals surface area (Å²) < 4.78 is 39.0. The lowest BCUT2D eigenvalue weighted by molar-refractivity contribution is 0.0680. The molecule has 1 fully saturated rings. The van der Waals surface area contributed by atoms with Gasteiger partial charge in [0.15, 0.2) is 0 Å². The number of sulfonamides is 1. The summed E-state index contributed by atoms with van der Waals surface area (Å²) >= 11 is 0. The summed E-state index contributed by atoms with van der Waals surface area (Å²) in [6.45, 7) is 5.11. The van der Waals surface area contributed by atoms with Crippen LogP contribution >= 0.6 is 0 Å². The summed E-state index contributed by atoms with van der Waals surface area (Å²) in [5.41, 5.74) is 2.48. The average Bonchev–Trinajstić information content (AvgIpc) is 3.09. The Morgan fingerprint density at radius 1 is 1.16 bits per heavy atom. The number of hydrogen-bond donors (Lipinski definition) is 1. The molecular formula is C19H23NO4S. The third-order valence-corrected chi connectivity index (χ3v) is 5.71. The van der Waals surface area contributed by atoms with E-state index in [1.54, 1.807) is 30.3 Å². The van der Waals surface area contributed by atoms with Gasteiger partial charge in [0.05, 0.1) is 16.7 Å². The van der Waals surface area contributed by atoms with Crippen molar-refractivity contribution in [1.29, 1.82) is 0 Å². The maximum atomic E-state index is 12.6. The van der Waals surface area contributed by atoms with Crippen molar-refractivity contribution in [1.82, 2.24) is 0 Å². The van der Waals surface area contributed by atoms with Crippen LogP contribution in [0, 0.1) is 13.8 Å². The molecule has 1 aliphatic rings. The second kappa shape index (κ2) is 7.45. The van der Waals surface area contributed by atoms with Gasteiger partial charge in [-0.2, -0.15) is 0 Å². The topological polar surface area (TPSA) is 64.6 Å². The van der Waals surface area contributed by atoms with Crippen molar-refractivity contribution >= 4 is 15.7 Å². The maximum Gasteiger partial charge on any atom is 0.261 e. The Kier molecular flexibility index (Phi) is 5.30. The molecule has 134 valence electrons. The van der Waals surface area contributed by atoms with Crippen LogP contribution in [0.25, 0.3) is 0 Å². The third kappa shape index (κ3) is 4.52. The van der Waals surface area contributed by atoms with Gasteiger partial charge in [0.1, 0.15) is 12.4 Å². The summed E-state index contributed by atoms with van der Waals surface area (Å²) in [7, 11) is -3.63. The van der Waals surface area contributed by atoms with Gasteiger partial charge >= 0.3 is 0 Å². The molecule has 1 aliphatic heterocycles. The van der Waals surface area contributed by atoms with Crippen molar-refractivity contribution in [2.24, 2.45) is 0 Å². The molecule has 1 heterocycles. The Bertz CT molecular complexity index is 842. The van der Waals surface area contributed by atoms with E-state index in [0.717, 1.165) is 30.6 Å². The SMILES string of the molecule is Cc1ccc(S(=O)(=O)Nc2cccc(OCC3CCCO3)c2)cc1C. The van der Waals surface area contributed by atoms with Gasteiger partial charge in [-0.05, 0) is 62.1 Å². The highest BCUT2D eigenvalue weighted by Gasteiger charge is 2.17. The lowest BCUT2D eigenvalue weighted by atomic mass is 10.1. The molecule has 1 unspecified atom stereocenters. The Labute approximate surface area is 149 Å². The van der Waals surface area contributed by atoms with E-state index in [4.69, 9.17) is 9.47 Å². The fourth-order valence-electron chi connectivity index (χ4n) is 2.71. The van der Waals surface area contributed by atoms with Crippen molar-refractivity contribution in [2.45, 2.75) is 37.7 Å². The first-order valence-corrected chi connectivity index (χ1v) is 9.87. The minimum atomic E-state index is -3.63. The lowest BCUT2D eigenvalue weighted by Gasteiger charge is -2.13. The van der Waals surface area contributed by atoms with Crippen LogP contribution in [0.15, 0.2) is 47.4 Å². The fraction of sp³-hybridized carbons (Fsp3) is 0.368. The first-order chi connectivity index (χ1) is 11.9. The minimum absolute atomic E-state index is 0.121. The van der Waals surface area contributed by atoms with Gasteiger partial charge in [-0.15, -0.1) is 0 Å². The molecule has 2 aromatic carbocycles. The van der Waals surface area contributed by atoms with Crippen molar-refractivity contribution in [3.8, 4) is 5.75 Å². The molecule has 0 saturated carbocycles. The van der Waals surface area contributed by atoms with Crippen molar-refractivity contribution in [3.63, 3.8) is 0 Å². The van der Waals surface area contributed by atoms with E-state index in [9.17, 15) is 8.42 Å². The quantitative estimate of drug-likeness (QED) is 0.853. The van der Waals surface area contributed by atoms with E-state index in [-0.39, 0.29) is 11.0 Å². The molecule has 0 amide bonds. The van der Waals surface area contributed by atoms with Crippen molar-refractivity contribution in [3.05, 3.63) is 53.6 Å². The van der Waals surface area contributed by atoms with Gasteiger partial charge < -0.3 is 9.47 Å². The maximum absolute atomic E-state index is 12.6. The second-order valence-electron chi connectivity index (χ2n) is 6.33. The van der Waals surface area contributed by atoms with E-state index in [1.807, 2.05) is 26.0 Å². The van der Waals surface area contributed by atoms with Crippen LogP contribution in [0.3, 0.4) is 0 Å². The predicted molar refractivity (Wildman–Crippen MR) is 97.6 cm³/mol. The van der Waals surface area contributed by atoms with Crippen LogP contribution in [-0.4, -0.2) is 27.7 Å². The zero-order valence-electron chi connectivity index (χ0n) is 14.5. The summed E-state index contributed by atoms with van der Waals surface area (Å²) in [6.07, 6.45) is 2.18. The normalized spacial score (nSPS) is 17.4. The predicted octanol–water partition coefficient (Wildman–Crippen LogP) is 3.66. The first kappa shape index (κ1) is 17.8. The van der Waals surface area contributed by atoms with Gasteiger partial charge in [-0.25, -0.2) is 8.42 Å². The number of ether oxygens (including phenoxy) is 2. The lowest BCUT2D eigenvalue weighted by Crippen LogP contribution is -2.16. The first-order valence-electron chi connectivity index (χ1n) is 8.38. The van der Waals surface area contributed by atoms with Gasteiger partial charge in [-0.1, -0.05) is 12.1 Å². The molecule has 1 N–H and O–H groups in total. The number of nitrogens with one attached hydrogen (secondary N) is 1. The van der Waals surface area contributed by atoms with Crippen LogP contribution in [0.4, 0.5) is 5.69 Å². The zero-order chi connectivity index (χ0) is 17.9. The van der Waals surface area contributed by atoms with E-state index in [2.05, 4.69) is 4.72 Å². The number of aryl methyl sites for hydroxylation is 2. The van der Waals surface area contributed by atoms with E-state index >= 15 is 0 Å². The van der Waals surface area contributed by atoms with Gasteiger partial charge in [0, 0.05) is 12.7 Å². The van der Waals surface area contributed by atoms with Crippen LogP contribution < -0.4 is 9.46 Å². The molecule has 0 bridgehead atoms. The molecule has 25 heavy (non-hydrogen) atoms. The number of anilines is 1. The van der Waals surface area contributed by atoms with E-state index in [0.29, 0.717) is 18.0 Å². The molecule has 3 rings (SSSR count). The highest BCUT2D eigenvalue weighted by Crippen LogP contribution is 2.23. The van der Waals surface area contributed by atoms with Crippen molar-refractivity contribution < 1.29 is 17.9 Å². The molecule has 0 spiro atoms. The van der Waals surface area contributed by atoms with Crippen LogP contribution in [0.5, 0.6) is 5.75 Å². The largest absolute Gasteiger partial charge is 0.491 e. The van der Waals surface area contributed by atoms with E-state index in [1.165, 1.54) is 0 Å². The molecule has 2 aromatic rings. The molecule has 1 saturated heterocycles. The number of hydrogen-bond acceptors (Lipinski definition) is 4. The van der Waals surface area contributed by atoms with Crippen LogP contribution in [-0.2, 0) is 14.8 Å². The van der Waals surface area contributed by atoms with E-state index < -0.39 is 10.0 Å². The highest BCUT2D eigenvalue weighted by molar-refractivity contribution is 7.92. The summed E-state index contributed by atoms with van der Waals surface area (Å²) in [4.78, 5) is 0.251. The Balaban J connectivity index is 1.70. The number of benzene rings is 2. The zero-order valence-corrected chi connectivity index (χ0v) is 15.3. The fourth-order valence-corrected chi connectivity index (χ4v) is 3.84. The Hall–Kier alpha value is -2.05. The molecule has 6 heteroatoms. The van der Waals surface area contributed by atoms with Crippen molar-refractivity contribution in [2.75, 3.05) is 17.9 Å². The molecule has 0 aromatic heterocycles. The smallest absolute Gasteiger partial charge is 0.261 e. The summed E-state index contributed by atoms with van der Waals surface area (Å²) in [5.74, 6) is 0.621. The summed E-state index contributed by atoms with van der Waals surface area (Å²) in [6, 6.07) is 12.1. The Morgan fingerprint density at radius 3 is 2.72 bits per heavy atom. The molecule has 0 radical (unpaired) electrons. The third-order valence-electron chi connectivity index (χ3n) is 4.33. The van der Waals surface area contributed by atoms with Gasteiger partial charge in [0.2, 0.25) is 0 Å². The molecule has 1 atom stereocenters. The second-order valence-corrected chi connectivity index (χ2v) is 8.01. The average molecular weight is 361 g/mol. The van der Waals surface area contributed by atoms with Crippen LogP contribution in [0.1, 0.15) is 24.0 Å². The number of rotatable bonds is 6. The molecule has 5 nitrogen and oxygen atoms in total.